The van der Waals surface area contributed by atoms with E-state index >= 15 is 0 Å². The van der Waals surface area contributed by atoms with E-state index in [0.29, 0.717) is 0 Å². The Labute approximate surface area is 156 Å². The molecule has 0 saturated heterocycles. The zero-order chi connectivity index (χ0) is 17.2. The topological polar surface area (TPSA) is 12.9 Å². The van der Waals surface area contributed by atoms with Gasteiger partial charge in [-0.3, -0.25) is 0 Å². The van der Waals surface area contributed by atoms with E-state index in [4.69, 9.17) is 4.98 Å². The Balaban J connectivity index is 1.90. The van der Waals surface area contributed by atoms with Gasteiger partial charge < -0.3 is 0 Å². The number of fused-ring (bicyclic) bond motifs is 1. The molecule has 0 spiro atoms. The van der Waals surface area contributed by atoms with Gasteiger partial charge in [-0.15, -0.1) is 0 Å². The van der Waals surface area contributed by atoms with Gasteiger partial charge >= 0.3 is 0 Å². The fourth-order valence-corrected chi connectivity index (χ4v) is 3.41. The summed E-state index contributed by atoms with van der Waals surface area (Å²) in [4.78, 5) is 5.00. The molecule has 1 aromatic heterocycles. The summed E-state index contributed by atoms with van der Waals surface area (Å²) in [5.41, 5.74) is 7.07. The molecule has 0 aliphatic carbocycles. The van der Waals surface area contributed by atoms with Crippen LogP contribution in [0.2, 0.25) is 0 Å². The van der Waals surface area contributed by atoms with E-state index in [2.05, 4.69) is 102 Å². The summed E-state index contributed by atoms with van der Waals surface area (Å²) in [5, 5.41) is 1.20. The van der Waals surface area contributed by atoms with Crippen molar-refractivity contribution in [3.8, 4) is 11.3 Å². The number of benzene rings is 3. The van der Waals surface area contributed by atoms with Crippen LogP contribution in [-0.4, -0.2) is 4.98 Å². The number of hydrogen-bond donors (Lipinski definition) is 0. The first kappa shape index (κ1) is 16.0. The number of pyridine rings is 1. The zero-order valence-corrected chi connectivity index (χ0v) is 15.6. The minimum atomic E-state index is 0.878. The zero-order valence-electron chi connectivity index (χ0n) is 14.0. The summed E-state index contributed by atoms with van der Waals surface area (Å²) < 4.78 is 1.08. The largest absolute Gasteiger partial charge is 0.247 e. The van der Waals surface area contributed by atoms with Crippen LogP contribution in [0.15, 0.2) is 83.3 Å². The summed E-state index contributed by atoms with van der Waals surface area (Å²) >= 11 is 3.52. The highest BCUT2D eigenvalue weighted by atomic mass is 79.9. The standard InChI is InChI=1S/C23H18BrN/c1-16-7-12-22-19(13-16)15-20(14-17-5-3-2-4-6-17)23(25-22)18-8-10-21(24)11-9-18/h2-13,15H,14H2,1H3. The minimum absolute atomic E-state index is 0.878. The number of rotatable bonds is 3. The van der Waals surface area contributed by atoms with Crippen LogP contribution in [0, 0.1) is 6.92 Å². The van der Waals surface area contributed by atoms with Crippen molar-refractivity contribution in [3.63, 3.8) is 0 Å². The van der Waals surface area contributed by atoms with Crippen LogP contribution < -0.4 is 0 Å². The number of nitrogens with zero attached hydrogens (tertiary/aromatic N) is 1. The third-order valence-electron chi connectivity index (χ3n) is 4.40. The van der Waals surface area contributed by atoms with Crippen LogP contribution in [0.25, 0.3) is 22.2 Å². The molecule has 0 amide bonds. The summed E-state index contributed by atoms with van der Waals surface area (Å²) in [7, 11) is 0. The molecule has 0 bridgehead atoms. The summed E-state index contributed by atoms with van der Waals surface area (Å²) in [5.74, 6) is 0. The predicted molar refractivity (Wildman–Crippen MR) is 109 cm³/mol. The highest BCUT2D eigenvalue weighted by Crippen LogP contribution is 2.29. The molecule has 0 N–H and O–H groups in total. The molecule has 25 heavy (non-hydrogen) atoms. The molecule has 0 saturated carbocycles. The first-order valence-electron chi connectivity index (χ1n) is 8.39. The van der Waals surface area contributed by atoms with Gasteiger partial charge in [0.25, 0.3) is 0 Å². The monoisotopic (exact) mass is 387 g/mol. The van der Waals surface area contributed by atoms with Crippen LogP contribution in [0.1, 0.15) is 16.7 Å². The molecule has 122 valence electrons. The van der Waals surface area contributed by atoms with Gasteiger partial charge in [-0.25, -0.2) is 4.98 Å². The molecular weight excluding hydrogens is 370 g/mol. The Hall–Kier alpha value is -2.45. The Bertz CT molecular complexity index is 1020. The van der Waals surface area contributed by atoms with Crippen molar-refractivity contribution in [2.75, 3.05) is 0 Å². The van der Waals surface area contributed by atoms with Crippen molar-refractivity contribution in [2.45, 2.75) is 13.3 Å². The lowest BCUT2D eigenvalue weighted by Crippen LogP contribution is -1.97. The van der Waals surface area contributed by atoms with E-state index in [1.165, 1.54) is 22.1 Å². The smallest absolute Gasteiger partial charge is 0.0745 e. The Kier molecular flexibility index (Phi) is 4.37. The highest BCUT2D eigenvalue weighted by Gasteiger charge is 2.10. The van der Waals surface area contributed by atoms with Crippen molar-refractivity contribution in [2.24, 2.45) is 0 Å². The molecule has 0 radical (unpaired) electrons. The average Bonchev–Trinajstić information content (AvgIpc) is 2.63. The van der Waals surface area contributed by atoms with Crippen molar-refractivity contribution >= 4 is 26.8 Å². The van der Waals surface area contributed by atoms with Gasteiger partial charge in [0.2, 0.25) is 0 Å². The second-order valence-corrected chi connectivity index (χ2v) is 7.28. The van der Waals surface area contributed by atoms with Crippen molar-refractivity contribution < 1.29 is 0 Å². The molecule has 4 rings (SSSR count). The molecule has 1 nitrogen and oxygen atoms in total. The lowest BCUT2D eigenvalue weighted by molar-refractivity contribution is 1.17. The molecule has 0 aliphatic rings. The lowest BCUT2D eigenvalue weighted by atomic mass is 9.97. The van der Waals surface area contributed by atoms with Crippen LogP contribution in [0.5, 0.6) is 0 Å². The molecule has 2 heteroatoms. The van der Waals surface area contributed by atoms with E-state index in [-0.39, 0.29) is 0 Å². The fourth-order valence-electron chi connectivity index (χ4n) is 3.15. The van der Waals surface area contributed by atoms with Crippen LogP contribution >= 0.6 is 15.9 Å². The molecule has 3 aromatic carbocycles. The van der Waals surface area contributed by atoms with Crippen LogP contribution in [0.4, 0.5) is 0 Å². The van der Waals surface area contributed by atoms with Crippen LogP contribution in [-0.2, 0) is 6.42 Å². The SMILES string of the molecule is Cc1ccc2nc(-c3ccc(Br)cc3)c(Cc3ccccc3)cc2c1. The van der Waals surface area contributed by atoms with Gasteiger partial charge in [0.05, 0.1) is 11.2 Å². The third-order valence-corrected chi connectivity index (χ3v) is 4.93. The molecule has 1 heterocycles. The maximum Gasteiger partial charge on any atom is 0.0745 e. The average molecular weight is 388 g/mol. The second-order valence-electron chi connectivity index (χ2n) is 6.36. The summed E-state index contributed by atoms with van der Waals surface area (Å²) in [6, 6.07) is 27.7. The van der Waals surface area contributed by atoms with E-state index in [0.717, 1.165) is 27.7 Å². The van der Waals surface area contributed by atoms with E-state index in [9.17, 15) is 0 Å². The fraction of sp³-hybridized carbons (Fsp3) is 0.0870. The maximum atomic E-state index is 5.00. The Morgan fingerprint density at radius 3 is 2.36 bits per heavy atom. The Morgan fingerprint density at radius 2 is 1.60 bits per heavy atom. The molecule has 0 unspecified atom stereocenters. The molecule has 0 atom stereocenters. The van der Waals surface area contributed by atoms with Gasteiger partial charge in [-0.2, -0.15) is 0 Å². The highest BCUT2D eigenvalue weighted by molar-refractivity contribution is 9.10. The normalized spacial score (nSPS) is 11.0. The first-order chi connectivity index (χ1) is 12.2. The van der Waals surface area contributed by atoms with E-state index < -0.39 is 0 Å². The van der Waals surface area contributed by atoms with Gasteiger partial charge in [0, 0.05) is 15.4 Å². The predicted octanol–water partition coefficient (Wildman–Crippen LogP) is 6.56. The van der Waals surface area contributed by atoms with E-state index in [1.807, 2.05) is 0 Å². The molecular formula is C23H18BrN. The van der Waals surface area contributed by atoms with Gasteiger partial charge in [0.1, 0.15) is 0 Å². The number of aromatic nitrogens is 1. The number of hydrogen-bond acceptors (Lipinski definition) is 1. The molecule has 0 fully saturated rings. The van der Waals surface area contributed by atoms with Gasteiger partial charge in [0.15, 0.2) is 0 Å². The van der Waals surface area contributed by atoms with Crippen LogP contribution in [0.3, 0.4) is 0 Å². The Morgan fingerprint density at radius 1 is 0.840 bits per heavy atom. The quantitative estimate of drug-likeness (QED) is 0.387. The van der Waals surface area contributed by atoms with E-state index in [1.54, 1.807) is 0 Å². The maximum absolute atomic E-state index is 5.00. The van der Waals surface area contributed by atoms with Crippen molar-refractivity contribution in [1.29, 1.82) is 0 Å². The first-order valence-corrected chi connectivity index (χ1v) is 9.18. The summed E-state index contributed by atoms with van der Waals surface area (Å²) in [6.07, 6.45) is 0.878. The lowest BCUT2D eigenvalue weighted by Gasteiger charge is -2.12. The molecule has 4 aromatic rings. The van der Waals surface area contributed by atoms with Gasteiger partial charge in [-0.05, 0) is 54.8 Å². The summed E-state index contributed by atoms with van der Waals surface area (Å²) in [6.45, 7) is 2.12. The van der Waals surface area contributed by atoms with Crippen molar-refractivity contribution in [1.82, 2.24) is 4.98 Å². The minimum Gasteiger partial charge on any atom is -0.247 e. The third kappa shape index (κ3) is 3.49. The number of aryl methyl sites for hydroxylation is 1. The second kappa shape index (κ2) is 6.81. The molecule has 0 aliphatic heterocycles. The number of halogens is 1. The van der Waals surface area contributed by atoms with Crippen molar-refractivity contribution in [3.05, 3.63) is 100 Å². The van der Waals surface area contributed by atoms with Gasteiger partial charge in [-0.1, -0.05) is 70.0 Å².